The Labute approximate surface area is 109 Å². The summed E-state index contributed by atoms with van der Waals surface area (Å²) in [5.41, 5.74) is 2.97. The normalized spacial score (nSPS) is 21.2. The number of rotatable bonds is 2. The zero-order valence-corrected chi connectivity index (χ0v) is 11.9. The van der Waals surface area contributed by atoms with Crippen LogP contribution in [0.3, 0.4) is 0 Å². The van der Waals surface area contributed by atoms with Crippen molar-refractivity contribution in [3.8, 4) is 0 Å². The molecular formula is C15H23NS. The largest absolute Gasteiger partial charge is 0.381 e. The van der Waals surface area contributed by atoms with E-state index < -0.39 is 0 Å². The molecule has 1 aliphatic heterocycles. The second-order valence-corrected chi connectivity index (χ2v) is 7.00. The van der Waals surface area contributed by atoms with E-state index in [1.54, 1.807) is 0 Å². The lowest BCUT2D eigenvalue weighted by Gasteiger charge is -2.28. The number of nitrogens with one attached hydrogen (secondary N) is 1. The summed E-state index contributed by atoms with van der Waals surface area (Å²) < 4.78 is 0. The highest BCUT2D eigenvalue weighted by Gasteiger charge is 2.20. The molecule has 2 rings (SSSR count). The van der Waals surface area contributed by atoms with Crippen LogP contribution in [0.25, 0.3) is 0 Å². The third-order valence-corrected chi connectivity index (χ3v) is 4.47. The highest BCUT2D eigenvalue weighted by atomic mass is 32.2. The molecule has 1 N–H and O–H groups in total. The van der Waals surface area contributed by atoms with E-state index in [1.807, 2.05) is 0 Å². The summed E-state index contributed by atoms with van der Waals surface area (Å²) in [7, 11) is 0. The topological polar surface area (TPSA) is 12.0 Å². The van der Waals surface area contributed by atoms with Gasteiger partial charge >= 0.3 is 0 Å². The van der Waals surface area contributed by atoms with Crippen LogP contribution >= 0.6 is 11.8 Å². The minimum Gasteiger partial charge on any atom is -0.381 e. The molecule has 1 fully saturated rings. The maximum Gasteiger partial charge on any atom is 0.0380 e. The molecule has 0 spiro atoms. The van der Waals surface area contributed by atoms with E-state index in [9.17, 15) is 0 Å². The van der Waals surface area contributed by atoms with Crippen LogP contribution in [0.5, 0.6) is 0 Å². The van der Waals surface area contributed by atoms with Gasteiger partial charge in [0.05, 0.1) is 0 Å². The van der Waals surface area contributed by atoms with Crippen molar-refractivity contribution in [3.63, 3.8) is 0 Å². The maximum atomic E-state index is 3.74. The van der Waals surface area contributed by atoms with Gasteiger partial charge in [-0.2, -0.15) is 11.8 Å². The van der Waals surface area contributed by atoms with Crippen molar-refractivity contribution in [2.75, 3.05) is 16.8 Å². The van der Waals surface area contributed by atoms with E-state index in [1.165, 1.54) is 35.6 Å². The summed E-state index contributed by atoms with van der Waals surface area (Å²) in [4.78, 5) is 0. The molecule has 0 amide bonds. The van der Waals surface area contributed by atoms with E-state index in [2.05, 4.69) is 62.1 Å². The third-order valence-electron chi connectivity index (χ3n) is 3.26. The van der Waals surface area contributed by atoms with Crippen molar-refractivity contribution in [2.24, 2.45) is 0 Å². The minimum absolute atomic E-state index is 0.214. The van der Waals surface area contributed by atoms with Crippen LogP contribution < -0.4 is 5.32 Å². The van der Waals surface area contributed by atoms with E-state index in [0.29, 0.717) is 6.04 Å². The van der Waals surface area contributed by atoms with Gasteiger partial charge in [0.1, 0.15) is 0 Å². The van der Waals surface area contributed by atoms with Crippen molar-refractivity contribution in [1.29, 1.82) is 0 Å². The molecule has 1 saturated heterocycles. The Kier molecular flexibility index (Phi) is 4.03. The summed E-state index contributed by atoms with van der Waals surface area (Å²) >= 11 is 2.07. The molecule has 1 aromatic carbocycles. The SMILES string of the molecule is CC(C)(C)c1ccccc1NC1CCCSC1. The average Bonchev–Trinajstić information content (AvgIpc) is 2.30. The van der Waals surface area contributed by atoms with Gasteiger partial charge in [-0.3, -0.25) is 0 Å². The van der Waals surface area contributed by atoms with E-state index in [0.717, 1.165) is 0 Å². The molecule has 0 bridgehead atoms. The number of thioether (sulfide) groups is 1. The monoisotopic (exact) mass is 249 g/mol. The Bertz CT molecular complexity index is 361. The summed E-state index contributed by atoms with van der Waals surface area (Å²) in [6.45, 7) is 6.84. The maximum absolute atomic E-state index is 3.74. The summed E-state index contributed by atoms with van der Waals surface area (Å²) in [6.07, 6.45) is 2.66. The predicted octanol–water partition coefficient (Wildman–Crippen LogP) is 4.29. The van der Waals surface area contributed by atoms with Crippen molar-refractivity contribution in [2.45, 2.75) is 45.1 Å². The average molecular weight is 249 g/mol. The minimum atomic E-state index is 0.214. The first-order chi connectivity index (χ1) is 8.07. The van der Waals surface area contributed by atoms with Crippen LogP contribution in [-0.4, -0.2) is 17.5 Å². The van der Waals surface area contributed by atoms with Crippen molar-refractivity contribution in [3.05, 3.63) is 29.8 Å². The Morgan fingerprint density at radius 1 is 1.24 bits per heavy atom. The molecule has 1 nitrogen and oxygen atoms in total. The highest BCUT2D eigenvalue weighted by Crippen LogP contribution is 2.31. The van der Waals surface area contributed by atoms with Crippen LogP contribution in [0, 0.1) is 0 Å². The zero-order valence-electron chi connectivity index (χ0n) is 11.1. The van der Waals surface area contributed by atoms with E-state index >= 15 is 0 Å². The first-order valence-electron chi connectivity index (χ1n) is 6.51. The molecule has 2 heteroatoms. The summed E-state index contributed by atoms with van der Waals surface area (Å²) in [5, 5.41) is 3.74. The molecule has 1 aliphatic rings. The Morgan fingerprint density at radius 3 is 2.65 bits per heavy atom. The fraction of sp³-hybridized carbons (Fsp3) is 0.600. The van der Waals surface area contributed by atoms with Gasteiger partial charge in [-0.1, -0.05) is 39.0 Å². The quantitative estimate of drug-likeness (QED) is 0.839. The first kappa shape index (κ1) is 12.8. The van der Waals surface area contributed by atoms with Gasteiger partial charge in [-0.05, 0) is 35.6 Å². The van der Waals surface area contributed by atoms with Gasteiger partial charge in [0.2, 0.25) is 0 Å². The Balaban J connectivity index is 2.14. The molecule has 0 saturated carbocycles. The highest BCUT2D eigenvalue weighted by molar-refractivity contribution is 7.99. The van der Waals surface area contributed by atoms with Crippen LogP contribution in [-0.2, 0) is 5.41 Å². The second-order valence-electron chi connectivity index (χ2n) is 5.85. The summed E-state index contributed by atoms with van der Waals surface area (Å²) in [5.74, 6) is 2.58. The molecule has 1 atom stereocenters. The molecule has 17 heavy (non-hydrogen) atoms. The predicted molar refractivity (Wildman–Crippen MR) is 79.1 cm³/mol. The lowest BCUT2D eigenvalue weighted by atomic mass is 9.85. The number of para-hydroxylation sites is 1. The number of benzene rings is 1. The fourth-order valence-electron chi connectivity index (χ4n) is 2.34. The van der Waals surface area contributed by atoms with Crippen LogP contribution in [0.4, 0.5) is 5.69 Å². The first-order valence-corrected chi connectivity index (χ1v) is 7.66. The molecule has 94 valence electrons. The van der Waals surface area contributed by atoms with Crippen molar-refractivity contribution >= 4 is 17.4 Å². The molecular weight excluding hydrogens is 226 g/mol. The standard InChI is InChI=1S/C15H23NS/c1-15(2,3)13-8-4-5-9-14(13)16-12-7-6-10-17-11-12/h4-5,8-9,12,16H,6-7,10-11H2,1-3H3. The van der Waals surface area contributed by atoms with Gasteiger partial charge < -0.3 is 5.32 Å². The van der Waals surface area contributed by atoms with E-state index in [-0.39, 0.29) is 5.41 Å². The lowest BCUT2D eigenvalue weighted by Crippen LogP contribution is -2.27. The molecule has 0 aromatic heterocycles. The smallest absolute Gasteiger partial charge is 0.0380 e. The van der Waals surface area contributed by atoms with Gasteiger partial charge in [-0.15, -0.1) is 0 Å². The van der Waals surface area contributed by atoms with Gasteiger partial charge in [0.25, 0.3) is 0 Å². The second kappa shape index (κ2) is 5.34. The molecule has 1 heterocycles. The number of hydrogen-bond donors (Lipinski definition) is 1. The fourth-order valence-corrected chi connectivity index (χ4v) is 3.41. The molecule has 0 radical (unpaired) electrons. The van der Waals surface area contributed by atoms with Crippen molar-refractivity contribution < 1.29 is 0 Å². The van der Waals surface area contributed by atoms with Gasteiger partial charge in [0.15, 0.2) is 0 Å². The Morgan fingerprint density at radius 2 is 2.00 bits per heavy atom. The molecule has 1 unspecified atom stereocenters. The zero-order chi connectivity index (χ0) is 12.3. The van der Waals surface area contributed by atoms with Crippen molar-refractivity contribution in [1.82, 2.24) is 0 Å². The summed E-state index contributed by atoms with van der Waals surface area (Å²) in [6, 6.07) is 9.39. The number of anilines is 1. The molecule has 0 aliphatic carbocycles. The van der Waals surface area contributed by atoms with Crippen LogP contribution in [0.1, 0.15) is 39.2 Å². The van der Waals surface area contributed by atoms with Gasteiger partial charge in [0, 0.05) is 17.5 Å². The van der Waals surface area contributed by atoms with Crippen LogP contribution in [0.2, 0.25) is 0 Å². The Hall–Kier alpha value is -0.630. The lowest BCUT2D eigenvalue weighted by molar-refractivity contribution is 0.588. The van der Waals surface area contributed by atoms with Gasteiger partial charge in [-0.25, -0.2) is 0 Å². The molecule has 1 aromatic rings. The number of hydrogen-bond acceptors (Lipinski definition) is 2. The third kappa shape index (κ3) is 3.41. The van der Waals surface area contributed by atoms with Crippen LogP contribution in [0.15, 0.2) is 24.3 Å². The van der Waals surface area contributed by atoms with E-state index in [4.69, 9.17) is 0 Å².